The first kappa shape index (κ1) is 15.6. The molecule has 0 bridgehead atoms. The van der Waals surface area contributed by atoms with E-state index in [0.717, 1.165) is 0 Å². The van der Waals surface area contributed by atoms with Crippen LogP contribution in [-0.2, 0) is 0 Å². The van der Waals surface area contributed by atoms with Gasteiger partial charge in [-0.05, 0) is 6.92 Å². The van der Waals surface area contributed by atoms with Crippen molar-refractivity contribution in [1.82, 2.24) is 20.1 Å². The second-order valence-electron chi connectivity index (χ2n) is 4.90. The molecule has 10 heteroatoms. The van der Waals surface area contributed by atoms with Crippen LogP contribution in [0.25, 0.3) is 22.4 Å². The number of aryl methyl sites for hydroxylation is 1. The van der Waals surface area contributed by atoms with Crippen LogP contribution in [0.4, 0.5) is 5.69 Å². The van der Waals surface area contributed by atoms with E-state index in [1.807, 2.05) is 0 Å². The number of fused-ring (bicyclic) bond motifs is 1. The van der Waals surface area contributed by atoms with Crippen molar-refractivity contribution in [3.63, 3.8) is 0 Å². The zero-order valence-electron chi connectivity index (χ0n) is 13.4. The highest BCUT2D eigenvalue weighted by Gasteiger charge is 2.25. The maximum Gasteiger partial charge on any atom is 0.278 e. The van der Waals surface area contributed by atoms with E-state index in [-0.39, 0.29) is 28.8 Å². The van der Waals surface area contributed by atoms with Crippen molar-refractivity contribution in [2.75, 3.05) is 14.2 Å². The lowest BCUT2D eigenvalue weighted by Crippen LogP contribution is -2.02. The van der Waals surface area contributed by atoms with Crippen LogP contribution in [0.3, 0.4) is 0 Å². The fourth-order valence-electron chi connectivity index (χ4n) is 2.37. The Morgan fingerprint density at radius 1 is 1.12 bits per heavy atom. The van der Waals surface area contributed by atoms with Crippen molar-refractivity contribution < 1.29 is 18.9 Å². The van der Waals surface area contributed by atoms with Crippen molar-refractivity contribution in [3.8, 4) is 23.1 Å². The molecular formula is C14H13N5O5. The number of aromatic nitrogens is 4. The van der Waals surface area contributed by atoms with Gasteiger partial charge in [-0.25, -0.2) is 9.97 Å². The third-order valence-electron chi connectivity index (χ3n) is 3.46. The molecule has 0 aliphatic heterocycles. The van der Waals surface area contributed by atoms with E-state index in [9.17, 15) is 10.1 Å². The number of hydrogen-bond donors (Lipinski definition) is 0. The second-order valence-corrected chi connectivity index (χ2v) is 4.90. The maximum absolute atomic E-state index is 11.4. The van der Waals surface area contributed by atoms with Crippen LogP contribution in [0, 0.1) is 24.0 Å². The third-order valence-corrected chi connectivity index (χ3v) is 3.46. The molecule has 0 unspecified atom stereocenters. The van der Waals surface area contributed by atoms with Crippen LogP contribution in [-0.4, -0.2) is 39.3 Å². The highest BCUT2D eigenvalue weighted by molar-refractivity contribution is 5.94. The third kappa shape index (κ3) is 2.37. The van der Waals surface area contributed by atoms with E-state index in [1.54, 1.807) is 13.8 Å². The summed E-state index contributed by atoms with van der Waals surface area (Å²) >= 11 is 0. The van der Waals surface area contributed by atoms with Gasteiger partial charge in [-0.15, -0.1) is 0 Å². The lowest BCUT2D eigenvalue weighted by molar-refractivity contribution is -0.385. The number of nitrogens with zero attached hydrogens (tertiary/aromatic N) is 5. The fraction of sp³-hybridized carbons (Fsp3) is 0.286. The Hall–Kier alpha value is -3.30. The van der Waals surface area contributed by atoms with Crippen LogP contribution in [0.1, 0.15) is 11.5 Å². The predicted octanol–water partition coefficient (Wildman–Crippen LogP) is 2.22. The lowest BCUT2D eigenvalue weighted by atomic mass is 10.0. The van der Waals surface area contributed by atoms with Gasteiger partial charge in [-0.3, -0.25) is 10.1 Å². The summed E-state index contributed by atoms with van der Waals surface area (Å²) in [4.78, 5) is 23.6. The maximum atomic E-state index is 11.4. The van der Waals surface area contributed by atoms with Crippen molar-refractivity contribution >= 4 is 16.7 Å². The van der Waals surface area contributed by atoms with E-state index >= 15 is 0 Å². The van der Waals surface area contributed by atoms with Crippen LogP contribution in [0.2, 0.25) is 0 Å². The largest absolute Gasteiger partial charge is 0.477 e. The average Bonchev–Trinajstić information content (AvgIpc) is 2.98. The van der Waals surface area contributed by atoms with E-state index in [1.165, 1.54) is 20.3 Å². The molecule has 0 fully saturated rings. The molecule has 124 valence electrons. The summed E-state index contributed by atoms with van der Waals surface area (Å²) in [7, 11) is 2.83. The Labute approximate surface area is 135 Å². The summed E-state index contributed by atoms with van der Waals surface area (Å²) < 4.78 is 15.3. The van der Waals surface area contributed by atoms with E-state index in [0.29, 0.717) is 22.5 Å². The number of ether oxygens (including phenoxy) is 2. The minimum atomic E-state index is -0.496. The standard InChI is InChI=1S/C14H13N5O5/c1-6-9(19(20)21)5-8-11(10(6)12-15-7(2)24-18-12)17-14(23-4)13(16-8)22-3/h5H,1-4H3. The molecule has 0 aliphatic carbocycles. The van der Waals surface area contributed by atoms with Crippen LogP contribution in [0.5, 0.6) is 11.8 Å². The lowest BCUT2D eigenvalue weighted by Gasteiger charge is -2.10. The van der Waals surface area contributed by atoms with Gasteiger partial charge in [0.2, 0.25) is 11.7 Å². The molecule has 0 radical (unpaired) electrons. The zero-order valence-corrected chi connectivity index (χ0v) is 13.4. The molecule has 3 aromatic rings. The molecule has 0 amide bonds. The number of benzene rings is 1. The predicted molar refractivity (Wildman–Crippen MR) is 82.1 cm³/mol. The summed E-state index contributed by atoms with van der Waals surface area (Å²) in [5.41, 5.74) is 1.22. The SMILES string of the molecule is COc1nc2cc([N+](=O)[O-])c(C)c(-c3noc(C)n3)c2nc1OC. The molecule has 2 aromatic heterocycles. The first-order valence-electron chi connectivity index (χ1n) is 6.84. The molecular weight excluding hydrogens is 318 g/mol. The zero-order chi connectivity index (χ0) is 17.4. The Morgan fingerprint density at radius 3 is 2.33 bits per heavy atom. The highest BCUT2D eigenvalue weighted by atomic mass is 16.6. The van der Waals surface area contributed by atoms with Gasteiger partial charge in [0.05, 0.1) is 24.7 Å². The second kappa shape index (κ2) is 5.72. The van der Waals surface area contributed by atoms with Gasteiger partial charge in [0, 0.05) is 18.6 Å². The number of nitro groups is 1. The van der Waals surface area contributed by atoms with Gasteiger partial charge in [0.1, 0.15) is 11.0 Å². The molecule has 0 saturated heterocycles. The van der Waals surface area contributed by atoms with Gasteiger partial charge < -0.3 is 14.0 Å². The molecule has 0 aliphatic rings. The van der Waals surface area contributed by atoms with Gasteiger partial charge in [-0.1, -0.05) is 5.16 Å². The van der Waals surface area contributed by atoms with E-state index in [2.05, 4.69) is 20.1 Å². The van der Waals surface area contributed by atoms with Gasteiger partial charge in [-0.2, -0.15) is 4.98 Å². The number of nitro benzene ring substituents is 1. The van der Waals surface area contributed by atoms with Gasteiger partial charge in [0.15, 0.2) is 0 Å². The molecule has 0 atom stereocenters. The summed E-state index contributed by atoms with van der Waals surface area (Å²) in [5.74, 6) is 0.802. The first-order valence-corrected chi connectivity index (χ1v) is 6.84. The minimum Gasteiger partial charge on any atom is -0.477 e. The highest BCUT2D eigenvalue weighted by Crippen LogP contribution is 2.37. The summed E-state index contributed by atoms with van der Waals surface area (Å²) in [6.45, 7) is 3.22. The summed E-state index contributed by atoms with van der Waals surface area (Å²) in [6, 6.07) is 1.33. The molecule has 0 saturated carbocycles. The molecule has 0 spiro atoms. The molecule has 1 aromatic carbocycles. The molecule has 3 rings (SSSR count). The van der Waals surface area contributed by atoms with Crippen molar-refractivity contribution in [2.24, 2.45) is 0 Å². The summed E-state index contributed by atoms with van der Waals surface area (Å²) in [6.07, 6.45) is 0. The summed E-state index contributed by atoms with van der Waals surface area (Å²) in [5, 5.41) is 15.2. The topological polar surface area (TPSA) is 126 Å². The number of rotatable bonds is 4. The first-order chi connectivity index (χ1) is 11.5. The van der Waals surface area contributed by atoms with Gasteiger partial charge >= 0.3 is 0 Å². The van der Waals surface area contributed by atoms with Crippen LogP contribution < -0.4 is 9.47 Å². The quantitative estimate of drug-likeness (QED) is 0.522. The minimum absolute atomic E-state index is 0.124. The molecule has 2 heterocycles. The average molecular weight is 331 g/mol. The van der Waals surface area contributed by atoms with Crippen molar-refractivity contribution in [3.05, 3.63) is 27.6 Å². The van der Waals surface area contributed by atoms with Crippen molar-refractivity contribution in [1.29, 1.82) is 0 Å². The molecule has 10 nitrogen and oxygen atoms in total. The number of hydrogen-bond acceptors (Lipinski definition) is 9. The number of methoxy groups -OCH3 is 2. The Balaban J connectivity index is 2.45. The van der Waals surface area contributed by atoms with E-state index < -0.39 is 4.92 Å². The van der Waals surface area contributed by atoms with Crippen LogP contribution >= 0.6 is 0 Å². The van der Waals surface area contributed by atoms with E-state index in [4.69, 9.17) is 14.0 Å². The molecule has 24 heavy (non-hydrogen) atoms. The monoisotopic (exact) mass is 331 g/mol. The molecule has 0 N–H and O–H groups in total. The van der Waals surface area contributed by atoms with Crippen LogP contribution in [0.15, 0.2) is 10.6 Å². The Morgan fingerprint density at radius 2 is 1.79 bits per heavy atom. The van der Waals surface area contributed by atoms with Gasteiger partial charge in [0.25, 0.3) is 17.4 Å². The normalized spacial score (nSPS) is 10.8. The smallest absolute Gasteiger partial charge is 0.278 e. The fourth-order valence-corrected chi connectivity index (χ4v) is 2.37. The Kier molecular flexibility index (Phi) is 3.72. The van der Waals surface area contributed by atoms with Crippen molar-refractivity contribution in [2.45, 2.75) is 13.8 Å². The Bertz CT molecular complexity index is 952.